The summed E-state index contributed by atoms with van der Waals surface area (Å²) in [4.78, 5) is 2.65. The van der Waals surface area contributed by atoms with Gasteiger partial charge >= 0.3 is 0 Å². The quantitative estimate of drug-likeness (QED) is 0.885. The zero-order chi connectivity index (χ0) is 13.9. The Morgan fingerprint density at radius 2 is 1.85 bits per heavy atom. The molecule has 1 heterocycles. The third-order valence-corrected chi connectivity index (χ3v) is 4.56. The van der Waals surface area contributed by atoms with Crippen LogP contribution < -0.4 is 5.32 Å². The first-order chi connectivity index (χ1) is 9.69. The summed E-state index contributed by atoms with van der Waals surface area (Å²) in [6.07, 6.45) is 5.57. The van der Waals surface area contributed by atoms with E-state index in [-0.39, 0.29) is 0 Å². The van der Waals surface area contributed by atoms with Crippen molar-refractivity contribution in [2.75, 3.05) is 19.6 Å². The van der Waals surface area contributed by atoms with E-state index in [1.165, 1.54) is 62.0 Å². The standard InChI is InChI=1S/C18H28N2/c1-14-8-15(2)10-17(9-14)13-20-7-3-4-16(12-20)11-19-18-5-6-18/h8-10,16,18-19H,3-7,11-13H2,1-2H3. The Balaban J connectivity index is 1.53. The molecule has 2 aliphatic rings. The van der Waals surface area contributed by atoms with E-state index >= 15 is 0 Å². The molecule has 2 nitrogen and oxygen atoms in total. The van der Waals surface area contributed by atoms with Crippen LogP contribution in [0.25, 0.3) is 0 Å². The Kier molecular flexibility index (Phi) is 4.42. The lowest BCUT2D eigenvalue weighted by Gasteiger charge is -2.33. The van der Waals surface area contributed by atoms with Gasteiger partial charge in [-0.1, -0.05) is 29.3 Å². The summed E-state index contributed by atoms with van der Waals surface area (Å²) in [7, 11) is 0. The second-order valence-electron chi connectivity index (χ2n) is 6.92. The highest BCUT2D eigenvalue weighted by atomic mass is 15.1. The molecule has 1 saturated heterocycles. The van der Waals surface area contributed by atoms with E-state index in [0.717, 1.165) is 18.5 Å². The summed E-state index contributed by atoms with van der Waals surface area (Å²) in [6.45, 7) is 9.31. The Morgan fingerprint density at radius 3 is 2.55 bits per heavy atom. The van der Waals surface area contributed by atoms with Crippen molar-refractivity contribution >= 4 is 0 Å². The van der Waals surface area contributed by atoms with Crippen molar-refractivity contribution in [2.24, 2.45) is 5.92 Å². The zero-order valence-electron chi connectivity index (χ0n) is 13.0. The van der Waals surface area contributed by atoms with Gasteiger partial charge in [-0.2, -0.15) is 0 Å². The van der Waals surface area contributed by atoms with E-state index in [4.69, 9.17) is 0 Å². The topological polar surface area (TPSA) is 15.3 Å². The van der Waals surface area contributed by atoms with Crippen LogP contribution in [0.5, 0.6) is 0 Å². The lowest BCUT2D eigenvalue weighted by molar-refractivity contribution is 0.165. The number of piperidine rings is 1. The monoisotopic (exact) mass is 272 g/mol. The number of rotatable bonds is 5. The third-order valence-electron chi connectivity index (χ3n) is 4.56. The van der Waals surface area contributed by atoms with Gasteiger partial charge in [0.25, 0.3) is 0 Å². The highest BCUT2D eigenvalue weighted by Gasteiger charge is 2.24. The molecule has 1 aromatic rings. The first-order valence-corrected chi connectivity index (χ1v) is 8.22. The first kappa shape index (κ1) is 14.1. The fourth-order valence-corrected chi connectivity index (χ4v) is 3.50. The maximum absolute atomic E-state index is 3.70. The average molecular weight is 272 g/mol. The molecule has 20 heavy (non-hydrogen) atoms. The average Bonchev–Trinajstić information content (AvgIpc) is 3.19. The van der Waals surface area contributed by atoms with Crippen molar-refractivity contribution in [3.05, 3.63) is 34.9 Å². The minimum Gasteiger partial charge on any atom is -0.314 e. The number of hydrogen-bond donors (Lipinski definition) is 1. The summed E-state index contributed by atoms with van der Waals surface area (Å²) in [5, 5.41) is 3.70. The van der Waals surface area contributed by atoms with Crippen molar-refractivity contribution in [3.63, 3.8) is 0 Å². The molecule has 110 valence electrons. The molecule has 1 unspecified atom stereocenters. The lowest BCUT2D eigenvalue weighted by Crippen LogP contribution is -2.39. The van der Waals surface area contributed by atoms with Gasteiger partial charge in [0.15, 0.2) is 0 Å². The molecule has 1 saturated carbocycles. The molecule has 2 heteroatoms. The molecule has 1 aliphatic heterocycles. The van der Waals surface area contributed by atoms with Crippen LogP contribution in [-0.2, 0) is 6.54 Å². The van der Waals surface area contributed by atoms with Crippen LogP contribution in [0.1, 0.15) is 42.4 Å². The molecule has 2 fully saturated rings. The predicted octanol–water partition coefficient (Wildman–Crippen LogP) is 3.27. The number of nitrogens with zero attached hydrogens (tertiary/aromatic N) is 1. The largest absolute Gasteiger partial charge is 0.314 e. The molecule has 0 radical (unpaired) electrons. The molecule has 1 atom stereocenters. The SMILES string of the molecule is Cc1cc(C)cc(CN2CCCC(CNC3CC3)C2)c1. The van der Waals surface area contributed by atoms with Gasteiger partial charge in [0, 0.05) is 19.1 Å². The van der Waals surface area contributed by atoms with Crippen molar-refractivity contribution in [2.45, 2.75) is 52.1 Å². The maximum Gasteiger partial charge on any atom is 0.0234 e. The smallest absolute Gasteiger partial charge is 0.0234 e. The van der Waals surface area contributed by atoms with E-state index in [1.54, 1.807) is 0 Å². The van der Waals surface area contributed by atoms with Crippen LogP contribution in [0, 0.1) is 19.8 Å². The van der Waals surface area contributed by atoms with Crippen molar-refractivity contribution < 1.29 is 0 Å². The molecule has 1 aliphatic carbocycles. The van der Waals surface area contributed by atoms with Gasteiger partial charge in [0.05, 0.1) is 0 Å². The van der Waals surface area contributed by atoms with Crippen LogP contribution in [0.4, 0.5) is 0 Å². The van der Waals surface area contributed by atoms with E-state index in [0.29, 0.717) is 0 Å². The second-order valence-corrected chi connectivity index (χ2v) is 6.92. The van der Waals surface area contributed by atoms with Crippen molar-refractivity contribution in [3.8, 4) is 0 Å². The molecule has 3 rings (SSSR count). The Hall–Kier alpha value is -0.860. The minimum atomic E-state index is 0.852. The number of benzene rings is 1. The molecule has 1 N–H and O–H groups in total. The molecule has 0 bridgehead atoms. The van der Waals surface area contributed by atoms with Gasteiger partial charge in [0.2, 0.25) is 0 Å². The van der Waals surface area contributed by atoms with Crippen LogP contribution in [0.2, 0.25) is 0 Å². The summed E-state index contributed by atoms with van der Waals surface area (Å²) in [6, 6.07) is 7.81. The Labute approximate surface area is 123 Å². The number of nitrogens with one attached hydrogen (secondary N) is 1. The molecule has 0 spiro atoms. The van der Waals surface area contributed by atoms with Crippen LogP contribution in [-0.4, -0.2) is 30.6 Å². The van der Waals surface area contributed by atoms with Crippen molar-refractivity contribution in [1.82, 2.24) is 10.2 Å². The van der Waals surface area contributed by atoms with E-state index < -0.39 is 0 Å². The summed E-state index contributed by atoms with van der Waals surface area (Å²) in [5.74, 6) is 0.857. The van der Waals surface area contributed by atoms with Crippen LogP contribution >= 0.6 is 0 Å². The fraction of sp³-hybridized carbons (Fsp3) is 0.667. The number of aryl methyl sites for hydroxylation is 2. The minimum absolute atomic E-state index is 0.852. The Morgan fingerprint density at radius 1 is 1.10 bits per heavy atom. The fourth-order valence-electron chi connectivity index (χ4n) is 3.50. The molecular formula is C18H28N2. The lowest BCUT2D eigenvalue weighted by atomic mass is 9.97. The molecule has 0 amide bonds. The van der Waals surface area contributed by atoms with E-state index in [9.17, 15) is 0 Å². The van der Waals surface area contributed by atoms with Crippen molar-refractivity contribution in [1.29, 1.82) is 0 Å². The van der Waals surface area contributed by atoms with E-state index in [2.05, 4.69) is 42.3 Å². The summed E-state index contributed by atoms with van der Waals surface area (Å²) in [5.41, 5.74) is 4.27. The highest BCUT2D eigenvalue weighted by Crippen LogP contribution is 2.22. The van der Waals surface area contributed by atoms with Crippen LogP contribution in [0.15, 0.2) is 18.2 Å². The predicted molar refractivity (Wildman–Crippen MR) is 84.9 cm³/mol. The molecule has 1 aromatic carbocycles. The number of likely N-dealkylation sites (tertiary alicyclic amines) is 1. The van der Waals surface area contributed by atoms with Crippen LogP contribution in [0.3, 0.4) is 0 Å². The van der Waals surface area contributed by atoms with Gasteiger partial charge in [-0.05, 0) is 64.1 Å². The third kappa shape index (κ3) is 4.07. The summed E-state index contributed by atoms with van der Waals surface area (Å²) >= 11 is 0. The summed E-state index contributed by atoms with van der Waals surface area (Å²) < 4.78 is 0. The van der Waals surface area contributed by atoms with Gasteiger partial charge in [0.1, 0.15) is 0 Å². The maximum atomic E-state index is 3.70. The Bertz CT molecular complexity index is 430. The number of hydrogen-bond acceptors (Lipinski definition) is 2. The second kappa shape index (κ2) is 6.28. The van der Waals surface area contributed by atoms with Gasteiger partial charge in [-0.15, -0.1) is 0 Å². The first-order valence-electron chi connectivity index (χ1n) is 8.22. The highest BCUT2D eigenvalue weighted by molar-refractivity contribution is 5.28. The van der Waals surface area contributed by atoms with Gasteiger partial charge < -0.3 is 5.32 Å². The van der Waals surface area contributed by atoms with Gasteiger partial charge in [-0.25, -0.2) is 0 Å². The zero-order valence-corrected chi connectivity index (χ0v) is 13.0. The normalized spacial score (nSPS) is 24.0. The van der Waals surface area contributed by atoms with Gasteiger partial charge in [-0.3, -0.25) is 4.90 Å². The van der Waals surface area contributed by atoms with E-state index in [1.807, 2.05) is 0 Å². The molecule has 0 aromatic heterocycles. The molecular weight excluding hydrogens is 244 g/mol.